The number of anilines is 1. The van der Waals surface area contributed by atoms with Gasteiger partial charge >= 0.3 is 0 Å². The number of hydrogen-bond donors (Lipinski definition) is 2. The van der Waals surface area contributed by atoms with Crippen molar-refractivity contribution in [1.82, 2.24) is 5.32 Å². The molecule has 0 aliphatic heterocycles. The Labute approximate surface area is 201 Å². The lowest BCUT2D eigenvalue weighted by Crippen LogP contribution is -2.27. The van der Waals surface area contributed by atoms with Gasteiger partial charge in [0.15, 0.2) is 0 Å². The lowest BCUT2D eigenvalue weighted by molar-refractivity contribution is 0.0940. The summed E-state index contributed by atoms with van der Waals surface area (Å²) in [7, 11) is -3.79. The molecule has 0 fully saturated rings. The lowest BCUT2D eigenvalue weighted by atomic mass is 9.86. The van der Waals surface area contributed by atoms with Crippen LogP contribution in [0.2, 0.25) is 5.02 Å². The van der Waals surface area contributed by atoms with Gasteiger partial charge in [-0.15, -0.1) is 0 Å². The first-order valence-corrected chi connectivity index (χ1v) is 12.5. The van der Waals surface area contributed by atoms with Gasteiger partial charge in [-0.3, -0.25) is 9.52 Å². The van der Waals surface area contributed by atoms with E-state index in [4.69, 9.17) is 11.6 Å². The maximum atomic E-state index is 12.9. The summed E-state index contributed by atoms with van der Waals surface area (Å²) in [5, 5.41) is 3.18. The quantitative estimate of drug-likeness (QED) is 0.435. The van der Waals surface area contributed by atoms with E-state index in [0.717, 1.165) is 11.1 Å². The van der Waals surface area contributed by atoms with E-state index in [0.29, 0.717) is 0 Å². The summed E-state index contributed by atoms with van der Waals surface area (Å²) in [6.45, 7) is 10.2. The predicted octanol–water partition coefficient (Wildman–Crippen LogP) is 6.24. The van der Waals surface area contributed by atoms with Crippen LogP contribution < -0.4 is 10.0 Å². The second kappa shape index (κ2) is 9.57. The summed E-state index contributed by atoms with van der Waals surface area (Å²) >= 11 is 6.26. The first kappa shape index (κ1) is 24.8. The van der Waals surface area contributed by atoms with Gasteiger partial charge in [-0.25, -0.2) is 8.42 Å². The number of nitrogens with one attached hydrogen (secondary N) is 2. The minimum Gasteiger partial charge on any atom is -0.345 e. The van der Waals surface area contributed by atoms with Crippen LogP contribution in [0.3, 0.4) is 0 Å². The van der Waals surface area contributed by atoms with Crippen LogP contribution in [0, 0.1) is 6.92 Å². The van der Waals surface area contributed by atoms with E-state index < -0.39 is 10.0 Å². The van der Waals surface area contributed by atoms with Crippen molar-refractivity contribution in [3.63, 3.8) is 0 Å². The monoisotopic (exact) mass is 484 g/mol. The molecule has 3 rings (SSSR count). The molecule has 0 aliphatic carbocycles. The lowest BCUT2D eigenvalue weighted by Gasteiger charge is -2.21. The number of rotatable bonds is 6. The van der Waals surface area contributed by atoms with E-state index in [1.807, 2.05) is 26.0 Å². The fourth-order valence-corrected chi connectivity index (χ4v) is 4.58. The zero-order valence-electron chi connectivity index (χ0n) is 19.4. The number of sulfonamides is 1. The molecule has 0 aromatic heterocycles. The molecule has 0 bridgehead atoms. The Kier molecular flexibility index (Phi) is 7.20. The summed E-state index contributed by atoms with van der Waals surface area (Å²) in [6.07, 6.45) is 0. The Bertz CT molecular complexity index is 1250. The minimum absolute atomic E-state index is 0.0465. The van der Waals surface area contributed by atoms with Gasteiger partial charge in [-0.05, 0) is 60.7 Å². The minimum atomic E-state index is -3.79. The van der Waals surface area contributed by atoms with Crippen molar-refractivity contribution in [1.29, 1.82) is 0 Å². The summed E-state index contributed by atoms with van der Waals surface area (Å²) in [5.74, 6) is -0.385. The Morgan fingerprint density at radius 3 is 2.12 bits per heavy atom. The standard InChI is InChI=1S/C26H29ClN2O3S/c1-17-6-13-22(14-7-17)33(31,32)29-21-12-15-24(27)23(16-21)25(30)28-18(2)19-8-10-20(11-9-19)26(3,4)5/h6-16,18,29H,1-5H3,(H,28,30)/t18-/m0/s1. The molecule has 1 atom stereocenters. The number of carbonyl (C=O) groups excluding carboxylic acids is 1. The van der Waals surface area contributed by atoms with Crippen LogP contribution in [0.25, 0.3) is 0 Å². The average Bonchev–Trinajstić information content (AvgIpc) is 2.74. The van der Waals surface area contributed by atoms with Gasteiger partial charge in [0.25, 0.3) is 15.9 Å². The molecule has 0 saturated heterocycles. The van der Waals surface area contributed by atoms with Crippen molar-refractivity contribution in [2.45, 2.75) is 51.0 Å². The number of hydrogen-bond acceptors (Lipinski definition) is 3. The molecule has 1 amide bonds. The van der Waals surface area contributed by atoms with Crippen molar-refractivity contribution in [2.75, 3.05) is 4.72 Å². The van der Waals surface area contributed by atoms with E-state index in [2.05, 4.69) is 42.9 Å². The molecule has 0 unspecified atom stereocenters. The van der Waals surface area contributed by atoms with Crippen LogP contribution >= 0.6 is 11.6 Å². The molecule has 3 aromatic carbocycles. The van der Waals surface area contributed by atoms with Gasteiger partial charge in [0.2, 0.25) is 0 Å². The molecular formula is C26H29ClN2O3S. The number of carbonyl (C=O) groups is 1. The van der Waals surface area contributed by atoms with Gasteiger partial charge in [0, 0.05) is 5.69 Å². The normalized spacial score (nSPS) is 12.8. The van der Waals surface area contributed by atoms with E-state index in [1.165, 1.54) is 35.9 Å². The second-order valence-corrected chi connectivity index (χ2v) is 11.3. The molecule has 3 aromatic rings. The SMILES string of the molecule is Cc1ccc(S(=O)(=O)Nc2ccc(Cl)c(C(=O)N[C@@H](C)c3ccc(C(C)(C)C)cc3)c2)cc1. The van der Waals surface area contributed by atoms with Gasteiger partial charge in [0.1, 0.15) is 0 Å². The highest BCUT2D eigenvalue weighted by Gasteiger charge is 2.19. The zero-order valence-corrected chi connectivity index (χ0v) is 21.0. The van der Waals surface area contributed by atoms with Crippen LogP contribution in [0.4, 0.5) is 5.69 Å². The highest BCUT2D eigenvalue weighted by atomic mass is 35.5. The maximum absolute atomic E-state index is 12.9. The van der Waals surface area contributed by atoms with E-state index in [9.17, 15) is 13.2 Å². The third-order valence-electron chi connectivity index (χ3n) is 5.42. The van der Waals surface area contributed by atoms with E-state index >= 15 is 0 Å². The zero-order chi connectivity index (χ0) is 24.4. The smallest absolute Gasteiger partial charge is 0.261 e. The molecule has 7 heteroatoms. The average molecular weight is 485 g/mol. The summed E-state index contributed by atoms with van der Waals surface area (Å²) < 4.78 is 27.9. The van der Waals surface area contributed by atoms with Crippen molar-refractivity contribution >= 4 is 33.2 Å². The van der Waals surface area contributed by atoms with Crippen molar-refractivity contribution in [3.05, 3.63) is 94.0 Å². The molecule has 0 saturated carbocycles. The van der Waals surface area contributed by atoms with Gasteiger partial charge in [-0.1, -0.05) is 74.3 Å². The summed E-state index contributed by atoms with van der Waals surface area (Å²) in [6, 6.07) is 18.9. The number of halogens is 1. The van der Waals surface area contributed by atoms with Crippen LogP contribution in [0.1, 0.15) is 60.8 Å². The molecule has 33 heavy (non-hydrogen) atoms. The van der Waals surface area contributed by atoms with Gasteiger partial charge < -0.3 is 5.32 Å². The summed E-state index contributed by atoms with van der Waals surface area (Å²) in [4.78, 5) is 13.1. The second-order valence-electron chi connectivity index (χ2n) is 9.18. The number of aryl methyl sites for hydroxylation is 1. The Morgan fingerprint density at radius 1 is 0.939 bits per heavy atom. The first-order chi connectivity index (χ1) is 15.4. The highest BCUT2D eigenvalue weighted by molar-refractivity contribution is 7.92. The first-order valence-electron chi connectivity index (χ1n) is 10.7. The Hall–Kier alpha value is -2.83. The van der Waals surface area contributed by atoms with Crippen LogP contribution in [0.15, 0.2) is 71.6 Å². The van der Waals surface area contributed by atoms with E-state index in [1.54, 1.807) is 12.1 Å². The largest absolute Gasteiger partial charge is 0.345 e. The van der Waals surface area contributed by atoms with Crippen molar-refractivity contribution in [3.8, 4) is 0 Å². The molecule has 174 valence electrons. The molecule has 2 N–H and O–H groups in total. The van der Waals surface area contributed by atoms with E-state index in [-0.39, 0.29) is 38.5 Å². The molecule has 0 heterocycles. The van der Waals surface area contributed by atoms with Crippen LogP contribution in [-0.2, 0) is 15.4 Å². The molecule has 0 aliphatic rings. The van der Waals surface area contributed by atoms with Crippen LogP contribution in [-0.4, -0.2) is 14.3 Å². The molecule has 0 radical (unpaired) electrons. The van der Waals surface area contributed by atoms with Crippen LogP contribution in [0.5, 0.6) is 0 Å². The third kappa shape index (κ3) is 6.15. The predicted molar refractivity (Wildman–Crippen MR) is 134 cm³/mol. The Balaban J connectivity index is 1.77. The number of benzene rings is 3. The number of amides is 1. The Morgan fingerprint density at radius 2 is 1.55 bits per heavy atom. The van der Waals surface area contributed by atoms with Crippen molar-refractivity contribution < 1.29 is 13.2 Å². The fourth-order valence-electron chi connectivity index (χ4n) is 3.32. The molecule has 5 nitrogen and oxygen atoms in total. The topological polar surface area (TPSA) is 75.3 Å². The summed E-state index contributed by atoms with van der Waals surface area (Å²) in [5.41, 5.74) is 3.63. The maximum Gasteiger partial charge on any atom is 0.261 e. The van der Waals surface area contributed by atoms with Crippen molar-refractivity contribution in [2.24, 2.45) is 0 Å². The highest BCUT2D eigenvalue weighted by Crippen LogP contribution is 2.26. The van der Waals surface area contributed by atoms with Gasteiger partial charge in [0.05, 0.1) is 21.5 Å². The molecular weight excluding hydrogens is 456 g/mol. The third-order valence-corrected chi connectivity index (χ3v) is 7.15. The van der Waals surface area contributed by atoms with Gasteiger partial charge in [-0.2, -0.15) is 0 Å². The molecule has 0 spiro atoms. The fraction of sp³-hybridized carbons (Fsp3) is 0.269.